The predicted molar refractivity (Wildman–Crippen MR) is 102 cm³/mol. The van der Waals surface area contributed by atoms with E-state index < -0.39 is 10.5 Å². The molecule has 1 amide bonds. The van der Waals surface area contributed by atoms with Gasteiger partial charge in [-0.25, -0.2) is 4.98 Å². The summed E-state index contributed by atoms with van der Waals surface area (Å²) in [5.74, 6) is -0.682. The van der Waals surface area contributed by atoms with Crippen LogP contribution in [-0.4, -0.2) is 50.4 Å². The van der Waals surface area contributed by atoms with Crippen molar-refractivity contribution in [3.05, 3.63) is 52.6 Å². The van der Waals surface area contributed by atoms with Gasteiger partial charge in [-0.1, -0.05) is 0 Å². The molecule has 0 aliphatic carbocycles. The average Bonchev–Trinajstić information content (AvgIpc) is 3.13. The van der Waals surface area contributed by atoms with Gasteiger partial charge < -0.3 is 14.2 Å². The van der Waals surface area contributed by atoms with Crippen molar-refractivity contribution < 1.29 is 19.2 Å². The average molecular weight is 388 g/mol. The monoisotopic (exact) mass is 388 g/mol. The summed E-state index contributed by atoms with van der Waals surface area (Å²) >= 11 is 0. The Bertz CT molecular complexity index is 856. The zero-order chi connectivity index (χ0) is 20.9. The van der Waals surface area contributed by atoms with Crippen LogP contribution in [0.15, 0.2) is 36.9 Å². The van der Waals surface area contributed by atoms with Crippen molar-refractivity contribution in [1.82, 2.24) is 14.5 Å². The number of carbonyl (C=O) groups is 2. The van der Waals surface area contributed by atoms with Crippen LogP contribution in [0.25, 0.3) is 5.69 Å². The van der Waals surface area contributed by atoms with Crippen LogP contribution >= 0.6 is 0 Å². The predicted octanol–water partition coefficient (Wildman–Crippen LogP) is 2.97. The van der Waals surface area contributed by atoms with E-state index in [1.807, 2.05) is 0 Å². The Hall–Kier alpha value is -3.23. The second kappa shape index (κ2) is 8.64. The van der Waals surface area contributed by atoms with E-state index in [1.165, 1.54) is 40.2 Å². The van der Waals surface area contributed by atoms with Gasteiger partial charge in [0.05, 0.1) is 11.3 Å². The first kappa shape index (κ1) is 21.1. The fourth-order valence-electron chi connectivity index (χ4n) is 2.60. The molecule has 0 saturated heterocycles. The molecule has 0 saturated carbocycles. The van der Waals surface area contributed by atoms with E-state index in [4.69, 9.17) is 4.74 Å². The molecule has 0 bridgehead atoms. The topological polar surface area (TPSA) is 108 Å². The van der Waals surface area contributed by atoms with E-state index in [0.29, 0.717) is 18.7 Å². The second-order valence-electron chi connectivity index (χ2n) is 7.35. The van der Waals surface area contributed by atoms with Crippen molar-refractivity contribution in [2.75, 3.05) is 13.6 Å². The molecule has 1 heterocycles. The summed E-state index contributed by atoms with van der Waals surface area (Å²) < 4.78 is 6.74. The normalized spacial score (nSPS) is 11.1. The van der Waals surface area contributed by atoms with Crippen LogP contribution in [0.4, 0.5) is 5.69 Å². The van der Waals surface area contributed by atoms with Crippen molar-refractivity contribution >= 4 is 17.6 Å². The number of amides is 1. The summed E-state index contributed by atoms with van der Waals surface area (Å²) in [6.45, 7) is 5.71. The van der Waals surface area contributed by atoms with Gasteiger partial charge >= 0.3 is 5.97 Å². The highest BCUT2D eigenvalue weighted by Crippen LogP contribution is 2.24. The van der Waals surface area contributed by atoms with Gasteiger partial charge in [0.2, 0.25) is 0 Å². The maximum Gasteiger partial charge on any atom is 0.306 e. The smallest absolute Gasteiger partial charge is 0.306 e. The van der Waals surface area contributed by atoms with Gasteiger partial charge in [0, 0.05) is 44.0 Å². The van der Waals surface area contributed by atoms with Crippen LogP contribution in [-0.2, 0) is 9.53 Å². The first-order chi connectivity index (χ1) is 13.1. The molecule has 0 unspecified atom stereocenters. The summed E-state index contributed by atoms with van der Waals surface area (Å²) in [4.78, 5) is 40.5. The van der Waals surface area contributed by atoms with Crippen LogP contribution in [0.5, 0.6) is 0 Å². The summed E-state index contributed by atoms with van der Waals surface area (Å²) in [5, 5.41) is 11.4. The molecule has 2 aromatic rings. The molecule has 1 aromatic carbocycles. The Labute approximate surface area is 163 Å². The largest absolute Gasteiger partial charge is 0.460 e. The fraction of sp³-hybridized carbons (Fsp3) is 0.421. The van der Waals surface area contributed by atoms with Gasteiger partial charge in [0.25, 0.3) is 11.6 Å². The van der Waals surface area contributed by atoms with E-state index in [-0.39, 0.29) is 29.5 Å². The highest BCUT2D eigenvalue weighted by molar-refractivity contribution is 5.95. The number of nitro benzene ring substituents is 1. The van der Waals surface area contributed by atoms with E-state index in [2.05, 4.69) is 4.98 Å². The minimum atomic E-state index is -0.547. The maximum absolute atomic E-state index is 12.6. The molecule has 0 aliphatic rings. The number of carbonyl (C=O) groups excluding carboxylic acids is 2. The van der Waals surface area contributed by atoms with Gasteiger partial charge in [-0.3, -0.25) is 19.7 Å². The van der Waals surface area contributed by atoms with Crippen molar-refractivity contribution in [1.29, 1.82) is 0 Å². The molecule has 0 aliphatic heterocycles. The second-order valence-corrected chi connectivity index (χ2v) is 7.35. The number of esters is 1. The first-order valence-electron chi connectivity index (χ1n) is 8.82. The van der Waals surface area contributed by atoms with Crippen molar-refractivity contribution in [2.24, 2.45) is 0 Å². The van der Waals surface area contributed by atoms with Gasteiger partial charge in [0.15, 0.2) is 0 Å². The van der Waals surface area contributed by atoms with Crippen LogP contribution in [0.2, 0.25) is 0 Å². The standard InChI is InChI=1S/C19H24N4O5/c1-19(2,3)28-17(24)6-5-10-21(4)18(25)14-7-8-15(16(12-14)23(26)27)22-11-9-20-13-22/h7-9,11-13H,5-6,10H2,1-4H3. The lowest BCUT2D eigenvalue weighted by atomic mass is 10.1. The van der Waals surface area contributed by atoms with Crippen LogP contribution in [0.3, 0.4) is 0 Å². The van der Waals surface area contributed by atoms with Gasteiger partial charge in [-0.2, -0.15) is 0 Å². The molecular formula is C19H24N4O5. The molecule has 0 spiro atoms. The number of hydrogen-bond donors (Lipinski definition) is 0. The molecular weight excluding hydrogens is 364 g/mol. The summed E-state index contributed by atoms with van der Waals surface area (Å²) in [6, 6.07) is 4.30. The Kier molecular flexibility index (Phi) is 6.50. The number of imidazole rings is 1. The van der Waals surface area contributed by atoms with Crippen LogP contribution in [0, 0.1) is 10.1 Å². The lowest BCUT2D eigenvalue weighted by Crippen LogP contribution is -2.29. The minimum absolute atomic E-state index is 0.189. The fourth-order valence-corrected chi connectivity index (χ4v) is 2.60. The molecule has 0 radical (unpaired) electrons. The molecule has 9 heteroatoms. The number of rotatable bonds is 7. The minimum Gasteiger partial charge on any atom is -0.460 e. The zero-order valence-electron chi connectivity index (χ0n) is 16.4. The maximum atomic E-state index is 12.6. The van der Waals surface area contributed by atoms with Gasteiger partial charge in [-0.05, 0) is 39.3 Å². The number of benzene rings is 1. The highest BCUT2D eigenvalue weighted by atomic mass is 16.6. The first-order valence-corrected chi connectivity index (χ1v) is 8.82. The van der Waals surface area contributed by atoms with Gasteiger partial charge in [-0.15, -0.1) is 0 Å². The Morgan fingerprint density at radius 2 is 2.04 bits per heavy atom. The van der Waals surface area contributed by atoms with E-state index in [9.17, 15) is 19.7 Å². The summed E-state index contributed by atoms with van der Waals surface area (Å²) in [6.07, 6.45) is 5.18. The van der Waals surface area contributed by atoms with Crippen molar-refractivity contribution in [3.63, 3.8) is 0 Å². The van der Waals surface area contributed by atoms with Crippen LogP contribution in [0.1, 0.15) is 44.0 Å². The van der Waals surface area contributed by atoms with Gasteiger partial charge in [0.1, 0.15) is 11.3 Å². The number of nitrogens with zero attached hydrogens (tertiary/aromatic N) is 4. The highest BCUT2D eigenvalue weighted by Gasteiger charge is 2.21. The third-order valence-corrected chi connectivity index (χ3v) is 3.84. The lowest BCUT2D eigenvalue weighted by Gasteiger charge is -2.20. The molecule has 9 nitrogen and oxygen atoms in total. The Morgan fingerprint density at radius 1 is 1.32 bits per heavy atom. The molecule has 0 atom stereocenters. The number of hydrogen-bond acceptors (Lipinski definition) is 6. The molecule has 0 N–H and O–H groups in total. The third kappa shape index (κ3) is 5.63. The van der Waals surface area contributed by atoms with E-state index in [0.717, 1.165) is 0 Å². The van der Waals surface area contributed by atoms with Crippen molar-refractivity contribution in [2.45, 2.75) is 39.2 Å². The molecule has 150 valence electrons. The summed E-state index contributed by atoms with van der Waals surface area (Å²) in [5.41, 5.74) is -0.206. The molecule has 28 heavy (non-hydrogen) atoms. The Balaban J connectivity index is 2.04. The molecule has 1 aromatic heterocycles. The zero-order valence-corrected chi connectivity index (χ0v) is 16.4. The number of aromatic nitrogens is 2. The van der Waals surface area contributed by atoms with E-state index >= 15 is 0 Å². The molecule has 2 rings (SSSR count). The number of nitro groups is 1. The SMILES string of the molecule is CN(CCCC(=O)OC(C)(C)C)C(=O)c1ccc(-n2ccnc2)c([N+](=O)[O-])c1. The summed E-state index contributed by atoms with van der Waals surface area (Å²) in [7, 11) is 1.59. The Morgan fingerprint density at radius 3 is 2.61 bits per heavy atom. The lowest BCUT2D eigenvalue weighted by molar-refractivity contribution is -0.384. The van der Waals surface area contributed by atoms with E-state index in [1.54, 1.807) is 34.0 Å². The third-order valence-electron chi connectivity index (χ3n) is 3.84. The quantitative estimate of drug-likeness (QED) is 0.410. The number of ether oxygens (including phenoxy) is 1. The van der Waals surface area contributed by atoms with Crippen LogP contribution < -0.4 is 0 Å². The molecule has 0 fully saturated rings. The van der Waals surface area contributed by atoms with Crippen molar-refractivity contribution in [3.8, 4) is 5.69 Å².